The third kappa shape index (κ3) is 5.28. The molecule has 12 heteroatoms. The third-order valence-corrected chi connectivity index (χ3v) is 5.59. The molecule has 3 heterocycles. The summed E-state index contributed by atoms with van der Waals surface area (Å²) in [5.41, 5.74) is 3.37. The molecule has 1 fully saturated rings. The van der Waals surface area contributed by atoms with Gasteiger partial charge in [-0.2, -0.15) is 5.10 Å². The molecular formula is C24H22F3N5O4. The van der Waals surface area contributed by atoms with Crippen molar-refractivity contribution in [3.63, 3.8) is 0 Å². The van der Waals surface area contributed by atoms with Crippen LogP contribution in [0.25, 0.3) is 0 Å². The van der Waals surface area contributed by atoms with Gasteiger partial charge in [-0.15, -0.1) is 18.3 Å². The van der Waals surface area contributed by atoms with Crippen LogP contribution in [-0.2, 0) is 16.1 Å². The molecule has 2 aliphatic rings. The number of halogens is 3. The van der Waals surface area contributed by atoms with E-state index in [1.165, 1.54) is 34.3 Å². The Labute approximate surface area is 204 Å². The molecule has 0 atom stereocenters. The van der Waals surface area contributed by atoms with Crippen LogP contribution in [0.5, 0.6) is 5.75 Å². The number of rotatable bonds is 6. The van der Waals surface area contributed by atoms with E-state index < -0.39 is 6.36 Å². The minimum absolute atomic E-state index is 0.0867. The second-order valence-corrected chi connectivity index (χ2v) is 8.24. The summed E-state index contributed by atoms with van der Waals surface area (Å²) in [6.45, 7) is 3.54. The number of hydroxylamine groups is 2. The van der Waals surface area contributed by atoms with Gasteiger partial charge >= 0.3 is 6.36 Å². The lowest BCUT2D eigenvalue weighted by Crippen LogP contribution is -2.26. The number of alkyl halides is 3. The molecule has 36 heavy (non-hydrogen) atoms. The molecule has 188 valence electrons. The molecule has 0 saturated carbocycles. The van der Waals surface area contributed by atoms with Gasteiger partial charge in [0.15, 0.2) is 6.73 Å². The molecule has 0 unspecified atom stereocenters. The minimum Gasteiger partial charge on any atom is -0.452 e. The molecule has 0 radical (unpaired) electrons. The Hall–Kier alpha value is -4.06. The van der Waals surface area contributed by atoms with E-state index in [4.69, 9.17) is 9.57 Å². The number of anilines is 1. The van der Waals surface area contributed by atoms with Crippen LogP contribution >= 0.6 is 0 Å². The number of aryl methyl sites for hydroxylation is 1. The highest BCUT2D eigenvalue weighted by Crippen LogP contribution is 2.27. The molecule has 5 rings (SSSR count). The average Bonchev–Trinajstić information content (AvgIpc) is 3.60. The number of hydrogen-bond donors (Lipinski definition) is 0. The minimum atomic E-state index is -4.75. The van der Waals surface area contributed by atoms with E-state index in [0.717, 1.165) is 17.7 Å². The SMILES string of the molecule is Cc1cc(C2=NN(c3ccc(OC(F)(F)F)cc3)CO2)nn1Cc1cccc(C(=O)N2CCCO2)c1. The predicted octanol–water partition coefficient (Wildman–Crippen LogP) is 4.07. The Morgan fingerprint density at radius 2 is 1.94 bits per heavy atom. The van der Waals surface area contributed by atoms with Gasteiger partial charge in [0.1, 0.15) is 11.4 Å². The Balaban J connectivity index is 1.28. The van der Waals surface area contributed by atoms with Crippen LogP contribution in [-0.4, -0.2) is 52.9 Å². The molecule has 9 nitrogen and oxygen atoms in total. The zero-order valence-corrected chi connectivity index (χ0v) is 19.2. The van der Waals surface area contributed by atoms with Crippen molar-refractivity contribution in [2.24, 2.45) is 5.10 Å². The number of carbonyl (C=O) groups is 1. The van der Waals surface area contributed by atoms with Gasteiger partial charge in [-0.3, -0.25) is 14.3 Å². The smallest absolute Gasteiger partial charge is 0.452 e. The van der Waals surface area contributed by atoms with Gasteiger partial charge in [-0.05, 0) is 61.4 Å². The lowest BCUT2D eigenvalue weighted by Gasteiger charge is -2.14. The Bertz CT molecular complexity index is 1280. The summed E-state index contributed by atoms with van der Waals surface area (Å²) in [7, 11) is 0. The van der Waals surface area contributed by atoms with Crippen LogP contribution < -0.4 is 9.75 Å². The first-order valence-corrected chi connectivity index (χ1v) is 11.2. The molecule has 0 N–H and O–H groups in total. The van der Waals surface area contributed by atoms with Crippen molar-refractivity contribution in [1.82, 2.24) is 14.8 Å². The van der Waals surface area contributed by atoms with Gasteiger partial charge in [0.25, 0.3) is 11.8 Å². The number of nitrogens with zero attached hydrogens (tertiary/aromatic N) is 5. The average molecular weight is 501 g/mol. The molecule has 2 aromatic carbocycles. The van der Waals surface area contributed by atoms with Crippen molar-refractivity contribution in [2.45, 2.75) is 26.3 Å². The molecule has 1 amide bonds. The van der Waals surface area contributed by atoms with E-state index in [2.05, 4.69) is 14.9 Å². The maximum Gasteiger partial charge on any atom is 0.573 e. The van der Waals surface area contributed by atoms with Crippen molar-refractivity contribution in [1.29, 1.82) is 0 Å². The maximum absolute atomic E-state index is 12.6. The molecule has 1 aromatic heterocycles. The number of benzene rings is 2. The van der Waals surface area contributed by atoms with Crippen LogP contribution in [0.4, 0.5) is 18.9 Å². The van der Waals surface area contributed by atoms with Crippen molar-refractivity contribution in [2.75, 3.05) is 24.9 Å². The number of ether oxygens (including phenoxy) is 2. The van der Waals surface area contributed by atoms with E-state index in [9.17, 15) is 18.0 Å². The van der Waals surface area contributed by atoms with Crippen LogP contribution in [0.3, 0.4) is 0 Å². The quantitative estimate of drug-likeness (QED) is 0.507. The van der Waals surface area contributed by atoms with Gasteiger partial charge < -0.3 is 9.47 Å². The summed E-state index contributed by atoms with van der Waals surface area (Å²) in [6, 6.07) is 14.5. The zero-order valence-electron chi connectivity index (χ0n) is 19.2. The van der Waals surface area contributed by atoms with Gasteiger partial charge in [0, 0.05) is 11.3 Å². The monoisotopic (exact) mass is 501 g/mol. The van der Waals surface area contributed by atoms with E-state index in [0.29, 0.717) is 42.5 Å². The fraction of sp³-hybridized carbons (Fsp3) is 0.292. The fourth-order valence-electron chi connectivity index (χ4n) is 3.87. The second kappa shape index (κ2) is 9.53. The zero-order chi connectivity index (χ0) is 25.3. The molecule has 2 aliphatic heterocycles. The van der Waals surface area contributed by atoms with Crippen molar-refractivity contribution in [3.05, 3.63) is 77.1 Å². The lowest BCUT2D eigenvalue weighted by atomic mass is 10.1. The molecule has 1 saturated heterocycles. The molecule has 0 spiro atoms. The molecular weight excluding hydrogens is 479 g/mol. The van der Waals surface area contributed by atoms with Crippen molar-refractivity contribution < 1.29 is 32.3 Å². The van der Waals surface area contributed by atoms with Crippen LogP contribution in [0.1, 0.15) is 33.7 Å². The van der Waals surface area contributed by atoms with Crippen molar-refractivity contribution >= 4 is 17.5 Å². The fourth-order valence-corrected chi connectivity index (χ4v) is 3.87. The molecule has 3 aromatic rings. The number of carbonyl (C=O) groups excluding carboxylic acids is 1. The molecule has 0 bridgehead atoms. The highest BCUT2D eigenvalue weighted by molar-refractivity contribution is 5.94. The summed E-state index contributed by atoms with van der Waals surface area (Å²) < 4.78 is 48.4. The standard InChI is InChI=1S/C24H22F3N5O4/c1-16-12-21(22-29-31(15-34-22)19-6-8-20(9-7-19)36-24(25,26)27)28-30(16)14-17-4-2-5-18(13-17)23(33)32-10-3-11-35-32/h2,4-9,12-13H,3,10-11,14-15H2,1H3. The highest BCUT2D eigenvalue weighted by atomic mass is 19.4. The van der Waals surface area contributed by atoms with E-state index in [-0.39, 0.29) is 18.4 Å². The Morgan fingerprint density at radius 3 is 2.67 bits per heavy atom. The first-order valence-electron chi connectivity index (χ1n) is 11.2. The molecule has 0 aliphatic carbocycles. The number of hydrogen-bond acceptors (Lipinski definition) is 7. The summed E-state index contributed by atoms with van der Waals surface area (Å²) in [5.74, 6) is -0.190. The number of amides is 1. The second-order valence-electron chi connectivity index (χ2n) is 8.24. The lowest BCUT2D eigenvalue weighted by molar-refractivity contribution is -0.274. The van der Waals surface area contributed by atoms with Crippen LogP contribution in [0, 0.1) is 6.92 Å². The van der Waals surface area contributed by atoms with Crippen LogP contribution in [0.15, 0.2) is 59.7 Å². The predicted molar refractivity (Wildman–Crippen MR) is 122 cm³/mol. The van der Waals surface area contributed by atoms with Gasteiger partial charge in [0.2, 0.25) is 0 Å². The largest absolute Gasteiger partial charge is 0.573 e. The van der Waals surface area contributed by atoms with Gasteiger partial charge in [-0.1, -0.05) is 12.1 Å². The normalized spacial score (nSPS) is 15.7. The third-order valence-electron chi connectivity index (χ3n) is 5.59. The van der Waals surface area contributed by atoms with Crippen molar-refractivity contribution in [3.8, 4) is 5.75 Å². The summed E-state index contributed by atoms with van der Waals surface area (Å²) in [6.07, 6.45) is -3.93. The Kier molecular flexibility index (Phi) is 6.27. The van der Waals surface area contributed by atoms with Gasteiger partial charge in [0.05, 0.1) is 25.4 Å². The summed E-state index contributed by atoms with van der Waals surface area (Å²) >= 11 is 0. The summed E-state index contributed by atoms with van der Waals surface area (Å²) in [5, 5.41) is 11.9. The van der Waals surface area contributed by atoms with E-state index in [1.54, 1.807) is 10.7 Å². The maximum atomic E-state index is 12.6. The first-order chi connectivity index (χ1) is 17.2. The first kappa shape index (κ1) is 23.7. The Morgan fingerprint density at radius 1 is 1.14 bits per heavy atom. The van der Waals surface area contributed by atoms with E-state index in [1.807, 2.05) is 31.2 Å². The van der Waals surface area contributed by atoms with Gasteiger partial charge in [-0.25, -0.2) is 10.1 Å². The van der Waals surface area contributed by atoms with Crippen LogP contribution in [0.2, 0.25) is 0 Å². The number of aromatic nitrogens is 2. The summed E-state index contributed by atoms with van der Waals surface area (Å²) in [4.78, 5) is 18.0. The van der Waals surface area contributed by atoms with E-state index >= 15 is 0 Å². The number of hydrazone groups is 1. The topological polar surface area (TPSA) is 81.4 Å². The highest BCUT2D eigenvalue weighted by Gasteiger charge is 2.31.